The van der Waals surface area contributed by atoms with Gasteiger partial charge in [0.1, 0.15) is 0 Å². The summed E-state index contributed by atoms with van der Waals surface area (Å²) in [5.74, 6) is 0.258. The monoisotopic (exact) mass is 340 g/mol. The second kappa shape index (κ2) is 8.61. The molecule has 1 aliphatic heterocycles. The lowest BCUT2D eigenvalue weighted by Crippen LogP contribution is -2.14. The fourth-order valence-corrected chi connectivity index (χ4v) is 3.72. The summed E-state index contributed by atoms with van der Waals surface area (Å²) in [6.45, 7) is 5.54. The average Bonchev–Trinajstić information content (AvgIpc) is 3.20. The maximum absolute atomic E-state index is 11.1. The van der Waals surface area contributed by atoms with Crippen molar-refractivity contribution in [2.45, 2.75) is 45.5 Å². The smallest absolute Gasteiger partial charge is 0.184 e. The van der Waals surface area contributed by atoms with Crippen LogP contribution in [0.1, 0.15) is 56.6 Å². The molecule has 1 aliphatic rings. The molecule has 3 heteroatoms. The molecule has 2 unspecified atom stereocenters. The summed E-state index contributed by atoms with van der Waals surface area (Å²) in [5.41, 5.74) is 4.13. The highest BCUT2D eigenvalue weighted by molar-refractivity contribution is 5.72. The molecule has 0 bridgehead atoms. The molecule has 0 saturated carbocycles. The molecule has 1 saturated heterocycles. The molecule has 0 aliphatic carbocycles. The summed E-state index contributed by atoms with van der Waals surface area (Å²) < 4.78 is 11.5. The van der Waals surface area contributed by atoms with Crippen molar-refractivity contribution in [3.05, 3.63) is 59.7 Å². The molecule has 1 N–H and O–H groups in total. The average molecular weight is 340 g/mol. The van der Waals surface area contributed by atoms with Crippen molar-refractivity contribution in [1.29, 1.82) is 0 Å². The maximum atomic E-state index is 11.1. The van der Waals surface area contributed by atoms with Crippen LogP contribution in [0.4, 0.5) is 0 Å². The number of aliphatic hydroxyl groups is 1. The van der Waals surface area contributed by atoms with Gasteiger partial charge in [0, 0.05) is 5.56 Å². The third-order valence-electron chi connectivity index (χ3n) is 5.02. The van der Waals surface area contributed by atoms with E-state index in [0.29, 0.717) is 13.2 Å². The van der Waals surface area contributed by atoms with Gasteiger partial charge in [0.15, 0.2) is 6.29 Å². The SMILES string of the molecule is CCCC(CC)C(O)c1cccc(C2OCCO2)c1-c1ccccc1. The van der Waals surface area contributed by atoms with E-state index >= 15 is 0 Å². The molecule has 3 rings (SSSR count). The van der Waals surface area contributed by atoms with Crippen LogP contribution in [0.5, 0.6) is 0 Å². The first kappa shape index (κ1) is 18.1. The molecular formula is C22H28O3. The zero-order chi connectivity index (χ0) is 17.6. The molecule has 0 amide bonds. The van der Waals surface area contributed by atoms with Gasteiger partial charge in [-0.1, -0.05) is 75.2 Å². The highest BCUT2D eigenvalue weighted by atomic mass is 16.7. The van der Waals surface area contributed by atoms with Crippen molar-refractivity contribution in [3.8, 4) is 11.1 Å². The Hall–Kier alpha value is -1.68. The van der Waals surface area contributed by atoms with E-state index in [2.05, 4.69) is 32.0 Å². The molecule has 2 atom stereocenters. The highest BCUT2D eigenvalue weighted by Gasteiger charge is 2.27. The minimum absolute atomic E-state index is 0.258. The van der Waals surface area contributed by atoms with Crippen LogP contribution in [0.3, 0.4) is 0 Å². The molecular weight excluding hydrogens is 312 g/mol. The van der Waals surface area contributed by atoms with Crippen molar-refractivity contribution in [2.75, 3.05) is 13.2 Å². The molecule has 0 spiro atoms. The predicted molar refractivity (Wildman–Crippen MR) is 100 cm³/mol. The number of hydrogen-bond acceptors (Lipinski definition) is 3. The van der Waals surface area contributed by atoms with Crippen molar-refractivity contribution < 1.29 is 14.6 Å². The molecule has 2 aromatic carbocycles. The van der Waals surface area contributed by atoms with Crippen LogP contribution >= 0.6 is 0 Å². The Bertz CT molecular complexity index is 662. The third kappa shape index (κ3) is 3.95. The Morgan fingerprint density at radius 1 is 1.00 bits per heavy atom. The summed E-state index contributed by atoms with van der Waals surface area (Å²) in [5, 5.41) is 11.1. The Morgan fingerprint density at radius 2 is 1.72 bits per heavy atom. The van der Waals surface area contributed by atoms with Crippen LogP contribution in [-0.2, 0) is 9.47 Å². The lowest BCUT2D eigenvalue weighted by molar-refractivity contribution is -0.0438. The van der Waals surface area contributed by atoms with Gasteiger partial charge in [-0.15, -0.1) is 0 Å². The second-order valence-corrected chi connectivity index (χ2v) is 6.65. The van der Waals surface area contributed by atoms with Gasteiger partial charge in [0.25, 0.3) is 0 Å². The van der Waals surface area contributed by atoms with Crippen LogP contribution in [0.2, 0.25) is 0 Å². The first-order valence-corrected chi connectivity index (χ1v) is 9.35. The fourth-order valence-electron chi connectivity index (χ4n) is 3.72. The van der Waals surface area contributed by atoms with Crippen molar-refractivity contribution in [3.63, 3.8) is 0 Å². The first-order chi connectivity index (χ1) is 12.3. The molecule has 2 aromatic rings. The molecule has 1 heterocycles. The first-order valence-electron chi connectivity index (χ1n) is 9.35. The van der Waals surface area contributed by atoms with E-state index in [0.717, 1.165) is 41.5 Å². The van der Waals surface area contributed by atoms with E-state index in [1.165, 1.54) is 0 Å². The van der Waals surface area contributed by atoms with Gasteiger partial charge in [-0.05, 0) is 29.0 Å². The molecule has 3 nitrogen and oxygen atoms in total. The molecule has 25 heavy (non-hydrogen) atoms. The Kier molecular flexibility index (Phi) is 6.24. The summed E-state index contributed by atoms with van der Waals surface area (Å²) in [4.78, 5) is 0. The summed E-state index contributed by atoms with van der Waals surface area (Å²) in [6, 6.07) is 16.3. The van der Waals surface area contributed by atoms with Crippen LogP contribution in [0.15, 0.2) is 48.5 Å². The summed E-state index contributed by atoms with van der Waals surface area (Å²) in [6.07, 6.45) is 2.22. The van der Waals surface area contributed by atoms with Crippen LogP contribution < -0.4 is 0 Å². The van der Waals surface area contributed by atoms with E-state index in [1.54, 1.807) is 0 Å². The van der Waals surface area contributed by atoms with Gasteiger partial charge < -0.3 is 14.6 Å². The molecule has 134 valence electrons. The number of aliphatic hydroxyl groups excluding tert-OH is 1. The number of benzene rings is 2. The second-order valence-electron chi connectivity index (χ2n) is 6.65. The number of ether oxygens (including phenoxy) is 2. The van der Waals surface area contributed by atoms with E-state index in [4.69, 9.17) is 9.47 Å². The van der Waals surface area contributed by atoms with Gasteiger partial charge in [-0.25, -0.2) is 0 Å². The standard InChI is InChI=1S/C22H28O3/c1-3-9-16(4-2)21(23)18-12-8-13-19(22-24-14-15-25-22)20(18)17-10-6-5-7-11-17/h5-8,10-13,16,21-23H,3-4,9,14-15H2,1-2H3. The zero-order valence-electron chi connectivity index (χ0n) is 15.2. The summed E-state index contributed by atoms with van der Waals surface area (Å²) >= 11 is 0. The minimum atomic E-state index is -0.485. The van der Waals surface area contributed by atoms with E-state index < -0.39 is 6.10 Å². The van der Waals surface area contributed by atoms with E-state index in [-0.39, 0.29) is 12.2 Å². The molecule has 0 aromatic heterocycles. The third-order valence-corrected chi connectivity index (χ3v) is 5.02. The van der Waals surface area contributed by atoms with Crippen molar-refractivity contribution in [1.82, 2.24) is 0 Å². The molecule has 0 radical (unpaired) electrons. The number of hydrogen-bond donors (Lipinski definition) is 1. The largest absolute Gasteiger partial charge is 0.388 e. The highest BCUT2D eigenvalue weighted by Crippen LogP contribution is 2.40. The van der Waals surface area contributed by atoms with E-state index in [1.807, 2.05) is 30.3 Å². The van der Waals surface area contributed by atoms with Gasteiger partial charge in [-0.3, -0.25) is 0 Å². The van der Waals surface area contributed by atoms with Crippen molar-refractivity contribution in [2.24, 2.45) is 5.92 Å². The van der Waals surface area contributed by atoms with Gasteiger partial charge in [0.2, 0.25) is 0 Å². The fraction of sp³-hybridized carbons (Fsp3) is 0.455. The predicted octanol–water partition coefficient (Wildman–Crippen LogP) is 5.26. The lowest BCUT2D eigenvalue weighted by Gasteiger charge is -2.26. The van der Waals surface area contributed by atoms with Crippen LogP contribution in [-0.4, -0.2) is 18.3 Å². The topological polar surface area (TPSA) is 38.7 Å². The van der Waals surface area contributed by atoms with Gasteiger partial charge >= 0.3 is 0 Å². The van der Waals surface area contributed by atoms with Crippen molar-refractivity contribution >= 4 is 0 Å². The Balaban J connectivity index is 2.09. The number of rotatable bonds is 7. The molecule has 1 fully saturated rings. The van der Waals surface area contributed by atoms with Gasteiger partial charge in [0.05, 0.1) is 19.3 Å². The Labute approximate surface area is 150 Å². The normalized spacial score (nSPS) is 17.6. The van der Waals surface area contributed by atoms with E-state index in [9.17, 15) is 5.11 Å². The zero-order valence-corrected chi connectivity index (χ0v) is 15.2. The lowest BCUT2D eigenvalue weighted by atomic mass is 9.84. The quantitative estimate of drug-likeness (QED) is 0.747. The Morgan fingerprint density at radius 3 is 2.36 bits per heavy atom. The summed E-state index contributed by atoms with van der Waals surface area (Å²) in [7, 11) is 0. The maximum Gasteiger partial charge on any atom is 0.184 e. The minimum Gasteiger partial charge on any atom is -0.388 e. The van der Waals surface area contributed by atoms with Crippen LogP contribution in [0, 0.1) is 5.92 Å². The van der Waals surface area contributed by atoms with Crippen LogP contribution in [0.25, 0.3) is 11.1 Å². The van der Waals surface area contributed by atoms with Gasteiger partial charge in [-0.2, -0.15) is 0 Å².